The molecule has 2 aromatic rings. The van der Waals surface area contributed by atoms with Crippen molar-refractivity contribution in [3.05, 3.63) is 65.2 Å². The van der Waals surface area contributed by atoms with Crippen LogP contribution < -0.4 is 10.6 Å². The summed E-state index contributed by atoms with van der Waals surface area (Å²) in [5, 5.41) is 6.08. The Kier molecular flexibility index (Phi) is 6.42. The summed E-state index contributed by atoms with van der Waals surface area (Å²) in [6, 6.07) is 16.5. The van der Waals surface area contributed by atoms with Crippen LogP contribution in [-0.4, -0.2) is 12.1 Å². The summed E-state index contributed by atoms with van der Waals surface area (Å²) in [6.07, 6.45) is 1.88. The van der Waals surface area contributed by atoms with Crippen LogP contribution in [0.2, 0.25) is 0 Å². The van der Waals surface area contributed by atoms with Crippen molar-refractivity contribution in [2.75, 3.05) is 5.32 Å². The lowest BCUT2D eigenvalue weighted by Gasteiger charge is -2.19. The molecule has 2 N–H and O–H groups in total. The molecule has 0 aromatic heterocycles. The van der Waals surface area contributed by atoms with E-state index in [1.807, 2.05) is 44.2 Å². The Morgan fingerprint density at radius 1 is 1.00 bits per heavy atom. The average molecular weight is 324 g/mol. The van der Waals surface area contributed by atoms with Gasteiger partial charge in [0.2, 0.25) is 0 Å². The van der Waals surface area contributed by atoms with Gasteiger partial charge in [-0.2, -0.15) is 0 Å². The molecule has 128 valence electrons. The van der Waals surface area contributed by atoms with Gasteiger partial charge in [0.25, 0.3) is 0 Å². The van der Waals surface area contributed by atoms with Gasteiger partial charge < -0.3 is 10.6 Å². The fourth-order valence-corrected chi connectivity index (χ4v) is 2.82. The minimum atomic E-state index is -0.133. The maximum Gasteiger partial charge on any atom is 0.319 e. The number of hydrogen-bond acceptors (Lipinski definition) is 1. The average Bonchev–Trinajstić information content (AvgIpc) is 2.55. The van der Waals surface area contributed by atoms with Crippen molar-refractivity contribution in [1.29, 1.82) is 0 Å². The molecule has 0 saturated carbocycles. The molecular formula is C21H28N2O. The van der Waals surface area contributed by atoms with E-state index in [0.29, 0.717) is 5.92 Å². The number of hydrogen-bond donors (Lipinski definition) is 2. The first-order valence-corrected chi connectivity index (χ1v) is 8.68. The quantitative estimate of drug-likeness (QED) is 0.747. The van der Waals surface area contributed by atoms with Gasteiger partial charge in [-0.1, -0.05) is 62.4 Å². The molecule has 3 heteroatoms. The second-order valence-corrected chi connectivity index (χ2v) is 6.72. The highest BCUT2D eigenvalue weighted by Crippen LogP contribution is 2.27. The first-order valence-electron chi connectivity index (χ1n) is 8.68. The van der Waals surface area contributed by atoms with E-state index >= 15 is 0 Å². The number of carbonyl (C=O) groups excluding carboxylic acids is 1. The van der Waals surface area contributed by atoms with E-state index in [-0.39, 0.29) is 12.1 Å². The van der Waals surface area contributed by atoms with Gasteiger partial charge >= 0.3 is 6.03 Å². The van der Waals surface area contributed by atoms with Crippen molar-refractivity contribution in [3.8, 4) is 0 Å². The number of rotatable bonds is 6. The zero-order valence-electron chi connectivity index (χ0n) is 15.1. The predicted octanol–water partition coefficient (Wildman–Crippen LogP) is 5.26. The molecule has 0 bridgehead atoms. The summed E-state index contributed by atoms with van der Waals surface area (Å²) < 4.78 is 0. The molecule has 3 nitrogen and oxygen atoms in total. The van der Waals surface area contributed by atoms with E-state index in [1.54, 1.807) is 0 Å². The van der Waals surface area contributed by atoms with E-state index < -0.39 is 0 Å². The van der Waals surface area contributed by atoms with Crippen LogP contribution in [0.3, 0.4) is 0 Å². The number of amides is 2. The standard InChI is InChI=1S/C21H28N2O/c1-15(2)19-12-8-9-16(3)20(19)23-21(24)22-17(4)13-14-18-10-6-5-7-11-18/h5-12,15,17H,13-14H2,1-4H3,(H2,22,23,24). The molecule has 2 rings (SSSR count). The third-order valence-electron chi connectivity index (χ3n) is 4.25. The first kappa shape index (κ1) is 18.1. The van der Waals surface area contributed by atoms with Crippen molar-refractivity contribution in [3.63, 3.8) is 0 Å². The topological polar surface area (TPSA) is 41.1 Å². The predicted molar refractivity (Wildman–Crippen MR) is 102 cm³/mol. The van der Waals surface area contributed by atoms with Gasteiger partial charge in [-0.05, 0) is 49.3 Å². The summed E-state index contributed by atoms with van der Waals surface area (Å²) in [4.78, 5) is 12.3. The summed E-state index contributed by atoms with van der Waals surface area (Å²) >= 11 is 0. The number of anilines is 1. The highest BCUT2D eigenvalue weighted by Gasteiger charge is 2.13. The second-order valence-electron chi connectivity index (χ2n) is 6.72. The van der Waals surface area contributed by atoms with Crippen LogP contribution in [0.1, 0.15) is 49.8 Å². The van der Waals surface area contributed by atoms with Crippen molar-refractivity contribution >= 4 is 11.7 Å². The number of carbonyl (C=O) groups is 1. The minimum absolute atomic E-state index is 0.122. The van der Waals surface area contributed by atoms with Crippen molar-refractivity contribution in [2.45, 2.75) is 52.5 Å². The fourth-order valence-electron chi connectivity index (χ4n) is 2.82. The normalized spacial score (nSPS) is 12.0. The maximum atomic E-state index is 12.3. The molecule has 1 unspecified atom stereocenters. The summed E-state index contributed by atoms with van der Waals surface area (Å²) in [7, 11) is 0. The highest BCUT2D eigenvalue weighted by molar-refractivity contribution is 5.91. The van der Waals surface area contributed by atoms with Gasteiger partial charge in [-0.25, -0.2) is 4.79 Å². The molecule has 0 saturated heterocycles. The molecular weight excluding hydrogens is 296 g/mol. The third-order valence-corrected chi connectivity index (χ3v) is 4.25. The SMILES string of the molecule is Cc1cccc(C(C)C)c1NC(=O)NC(C)CCc1ccccc1. The van der Waals surface area contributed by atoms with Crippen LogP contribution in [0.5, 0.6) is 0 Å². The number of nitrogens with one attached hydrogen (secondary N) is 2. The Labute approximate surface area is 145 Å². The first-order chi connectivity index (χ1) is 11.5. The van der Waals surface area contributed by atoms with E-state index in [9.17, 15) is 4.79 Å². The maximum absolute atomic E-state index is 12.3. The van der Waals surface area contributed by atoms with Crippen LogP contribution in [0, 0.1) is 6.92 Å². The second kappa shape index (κ2) is 8.53. The molecule has 0 heterocycles. The van der Waals surface area contributed by atoms with Crippen LogP contribution in [0.4, 0.5) is 10.5 Å². The number of urea groups is 1. The highest BCUT2D eigenvalue weighted by atomic mass is 16.2. The van der Waals surface area contributed by atoms with Crippen LogP contribution in [-0.2, 0) is 6.42 Å². The van der Waals surface area contributed by atoms with Crippen molar-refractivity contribution in [2.24, 2.45) is 0 Å². The van der Waals surface area contributed by atoms with Gasteiger partial charge in [-0.3, -0.25) is 0 Å². The monoisotopic (exact) mass is 324 g/mol. The fraction of sp³-hybridized carbons (Fsp3) is 0.381. The van der Waals surface area contributed by atoms with Crippen LogP contribution in [0.25, 0.3) is 0 Å². The summed E-state index contributed by atoms with van der Waals surface area (Å²) in [5.41, 5.74) is 4.49. The molecule has 0 aliphatic carbocycles. The molecule has 0 spiro atoms. The van der Waals surface area contributed by atoms with Crippen LogP contribution >= 0.6 is 0 Å². The number of para-hydroxylation sites is 1. The van der Waals surface area contributed by atoms with Gasteiger partial charge in [0, 0.05) is 11.7 Å². The molecule has 1 atom stereocenters. The van der Waals surface area contributed by atoms with Gasteiger partial charge in [0.1, 0.15) is 0 Å². The molecule has 2 amide bonds. The minimum Gasteiger partial charge on any atom is -0.335 e. The summed E-state index contributed by atoms with van der Waals surface area (Å²) in [6.45, 7) is 8.35. The van der Waals surface area contributed by atoms with Crippen molar-refractivity contribution in [1.82, 2.24) is 5.32 Å². The largest absolute Gasteiger partial charge is 0.335 e. The zero-order valence-corrected chi connectivity index (χ0v) is 15.1. The molecule has 24 heavy (non-hydrogen) atoms. The molecule has 0 fully saturated rings. The number of benzene rings is 2. The Balaban J connectivity index is 1.91. The molecule has 0 aliphatic heterocycles. The molecule has 2 aromatic carbocycles. The van der Waals surface area contributed by atoms with E-state index in [1.165, 1.54) is 11.1 Å². The van der Waals surface area contributed by atoms with E-state index in [2.05, 4.69) is 42.7 Å². The Morgan fingerprint density at radius 3 is 2.38 bits per heavy atom. The molecule has 0 radical (unpaired) electrons. The Morgan fingerprint density at radius 2 is 1.71 bits per heavy atom. The van der Waals surface area contributed by atoms with Crippen LogP contribution in [0.15, 0.2) is 48.5 Å². The number of aryl methyl sites for hydroxylation is 2. The summed E-state index contributed by atoms with van der Waals surface area (Å²) in [5.74, 6) is 0.371. The smallest absolute Gasteiger partial charge is 0.319 e. The Bertz CT molecular complexity index is 665. The lowest BCUT2D eigenvalue weighted by atomic mass is 9.98. The van der Waals surface area contributed by atoms with Gasteiger partial charge in [-0.15, -0.1) is 0 Å². The Hall–Kier alpha value is -2.29. The van der Waals surface area contributed by atoms with E-state index in [4.69, 9.17) is 0 Å². The van der Waals surface area contributed by atoms with Crippen molar-refractivity contribution < 1.29 is 4.79 Å². The van der Waals surface area contributed by atoms with Gasteiger partial charge in [0.05, 0.1) is 0 Å². The van der Waals surface area contributed by atoms with Gasteiger partial charge in [0.15, 0.2) is 0 Å². The van der Waals surface area contributed by atoms with E-state index in [0.717, 1.165) is 24.1 Å². The zero-order chi connectivity index (χ0) is 17.5. The third kappa shape index (κ3) is 5.12. The lowest BCUT2D eigenvalue weighted by molar-refractivity contribution is 0.248. The molecule has 0 aliphatic rings. The lowest BCUT2D eigenvalue weighted by Crippen LogP contribution is -2.36.